The minimum atomic E-state index is -0.973. The van der Waals surface area contributed by atoms with E-state index in [1.807, 2.05) is 0 Å². The number of carbonyl (C=O) groups excluding carboxylic acids is 2. The van der Waals surface area contributed by atoms with Crippen LogP contribution in [0.1, 0.15) is 28.4 Å². The van der Waals surface area contributed by atoms with Gasteiger partial charge < -0.3 is 15.7 Å². The largest absolute Gasteiger partial charge is 0.387 e. The Kier molecular flexibility index (Phi) is 6.81. The number of aliphatic hydroxyl groups is 1. The van der Waals surface area contributed by atoms with Gasteiger partial charge in [0.15, 0.2) is 0 Å². The van der Waals surface area contributed by atoms with Crippen LogP contribution in [0.25, 0.3) is 0 Å². The minimum Gasteiger partial charge on any atom is -0.387 e. The van der Waals surface area contributed by atoms with Crippen LogP contribution in [0.15, 0.2) is 54.6 Å². The fourth-order valence-corrected chi connectivity index (χ4v) is 2.22. The zero-order chi connectivity index (χ0) is 18.9. The molecule has 0 saturated heterocycles. The molecule has 0 saturated carbocycles. The van der Waals surface area contributed by atoms with Gasteiger partial charge in [0.25, 0.3) is 11.6 Å². The summed E-state index contributed by atoms with van der Waals surface area (Å²) >= 11 is 0. The molecule has 0 spiro atoms. The summed E-state index contributed by atoms with van der Waals surface area (Å²) in [4.78, 5) is 33.7. The zero-order valence-corrected chi connectivity index (χ0v) is 13.9. The molecule has 8 heteroatoms. The third kappa shape index (κ3) is 5.67. The first-order valence-electron chi connectivity index (χ1n) is 7.99. The van der Waals surface area contributed by atoms with Gasteiger partial charge in [0.05, 0.1) is 11.0 Å². The number of aliphatic hydroxyl groups excluding tert-OH is 1. The molecule has 0 heterocycles. The lowest BCUT2D eigenvalue weighted by atomic mass is 10.1. The first-order chi connectivity index (χ1) is 12.5. The van der Waals surface area contributed by atoms with Crippen molar-refractivity contribution in [2.75, 3.05) is 13.1 Å². The summed E-state index contributed by atoms with van der Waals surface area (Å²) in [7, 11) is 0. The van der Waals surface area contributed by atoms with Crippen molar-refractivity contribution in [3.63, 3.8) is 0 Å². The average molecular weight is 357 g/mol. The van der Waals surface area contributed by atoms with Gasteiger partial charge in [0.1, 0.15) is 0 Å². The second-order valence-electron chi connectivity index (χ2n) is 5.54. The van der Waals surface area contributed by atoms with Crippen LogP contribution in [0.5, 0.6) is 0 Å². The van der Waals surface area contributed by atoms with E-state index in [4.69, 9.17) is 0 Å². The van der Waals surface area contributed by atoms with Crippen LogP contribution in [0.3, 0.4) is 0 Å². The Bertz CT molecular complexity index is 762. The zero-order valence-electron chi connectivity index (χ0n) is 13.9. The van der Waals surface area contributed by atoms with E-state index in [1.54, 1.807) is 30.3 Å². The fourth-order valence-electron chi connectivity index (χ4n) is 2.22. The van der Waals surface area contributed by atoms with Crippen LogP contribution in [-0.4, -0.2) is 34.9 Å². The predicted molar refractivity (Wildman–Crippen MR) is 94.5 cm³/mol. The van der Waals surface area contributed by atoms with Gasteiger partial charge in [-0.25, -0.2) is 0 Å². The molecular weight excluding hydrogens is 338 g/mol. The lowest BCUT2D eigenvalue weighted by Crippen LogP contribution is -2.32. The predicted octanol–water partition coefficient (Wildman–Crippen LogP) is 1.56. The van der Waals surface area contributed by atoms with Crippen LogP contribution in [-0.2, 0) is 4.79 Å². The standard InChI is InChI=1S/C18H19N3O5/c22-16(13-6-8-15(9-7-13)21(25)26)12-20-17(23)10-11-19-18(24)14-4-2-1-3-5-14/h1-9,16,22H,10-12H2,(H,19,24)(H,20,23)/t16-/m1/s1. The number of hydrogen-bond donors (Lipinski definition) is 3. The van der Waals surface area contributed by atoms with Crippen LogP contribution < -0.4 is 10.6 Å². The highest BCUT2D eigenvalue weighted by atomic mass is 16.6. The number of hydrogen-bond acceptors (Lipinski definition) is 5. The highest BCUT2D eigenvalue weighted by Crippen LogP contribution is 2.17. The van der Waals surface area contributed by atoms with Crippen molar-refractivity contribution in [2.24, 2.45) is 0 Å². The molecule has 0 radical (unpaired) electrons. The summed E-state index contributed by atoms with van der Waals surface area (Å²) in [6.45, 7) is 0.149. The molecule has 2 aromatic carbocycles. The average Bonchev–Trinajstić information content (AvgIpc) is 2.66. The van der Waals surface area contributed by atoms with Crippen molar-refractivity contribution in [1.29, 1.82) is 0 Å². The number of benzene rings is 2. The minimum absolute atomic E-state index is 0.0245. The van der Waals surface area contributed by atoms with Gasteiger partial charge in [-0.15, -0.1) is 0 Å². The number of amides is 2. The fraction of sp³-hybridized carbons (Fsp3) is 0.222. The maximum absolute atomic E-state index is 11.8. The molecule has 136 valence electrons. The van der Waals surface area contributed by atoms with Gasteiger partial charge >= 0.3 is 0 Å². The van der Waals surface area contributed by atoms with Gasteiger partial charge in [-0.1, -0.05) is 18.2 Å². The van der Waals surface area contributed by atoms with Crippen LogP contribution in [0.2, 0.25) is 0 Å². The van der Waals surface area contributed by atoms with Gasteiger partial charge in [0, 0.05) is 37.2 Å². The molecule has 1 atom stereocenters. The Labute approximate surface area is 150 Å². The first kappa shape index (κ1) is 19.1. The smallest absolute Gasteiger partial charge is 0.269 e. The molecule has 0 aliphatic rings. The quantitative estimate of drug-likeness (QED) is 0.489. The van der Waals surface area contributed by atoms with Crippen molar-refractivity contribution in [2.45, 2.75) is 12.5 Å². The van der Waals surface area contributed by atoms with E-state index in [0.717, 1.165) is 0 Å². The Morgan fingerprint density at radius 1 is 1.04 bits per heavy atom. The number of nitro groups is 1. The maximum Gasteiger partial charge on any atom is 0.269 e. The van der Waals surface area contributed by atoms with Crippen LogP contribution >= 0.6 is 0 Å². The van der Waals surface area contributed by atoms with Crippen molar-refractivity contribution in [1.82, 2.24) is 10.6 Å². The Hall–Kier alpha value is -3.26. The Morgan fingerprint density at radius 3 is 2.31 bits per heavy atom. The summed E-state index contributed by atoms with van der Waals surface area (Å²) in [5, 5.41) is 25.8. The molecular formula is C18H19N3O5. The molecule has 2 amide bonds. The molecule has 0 unspecified atom stereocenters. The van der Waals surface area contributed by atoms with E-state index in [9.17, 15) is 24.8 Å². The summed E-state index contributed by atoms with van der Waals surface area (Å²) in [6.07, 6.45) is -0.899. The molecule has 0 bridgehead atoms. The number of nitro benzene ring substituents is 1. The molecule has 2 aromatic rings. The highest BCUT2D eigenvalue weighted by molar-refractivity contribution is 5.94. The van der Waals surface area contributed by atoms with Crippen molar-refractivity contribution in [3.05, 3.63) is 75.8 Å². The van der Waals surface area contributed by atoms with E-state index < -0.39 is 11.0 Å². The Balaban J connectivity index is 1.71. The normalized spacial score (nSPS) is 11.4. The summed E-state index contributed by atoms with van der Waals surface area (Å²) < 4.78 is 0. The molecule has 0 aliphatic carbocycles. The number of nitrogens with zero attached hydrogens (tertiary/aromatic N) is 1. The van der Waals surface area contributed by atoms with E-state index in [2.05, 4.69) is 10.6 Å². The molecule has 3 N–H and O–H groups in total. The Morgan fingerprint density at radius 2 is 1.69 bits per heavy atom. The SMILES string of the molecule is O=C(CCNC(=O)c1ccccc1)NC[C@@H](O)c1ccc([N+](=O)[O-])cc1. The monoisotopic (exact) mass is 357 g/mol. The summed E-state index contributed by atoms with van der Waals surface area (Å²) in [5.74, 6) is -0.580. The number of non-ortho nitro benzene ring substituents is 1. The summed E-state index contributed by atoms with van der Waals surface area (Å²) in [5.41, 5.74) is 0.911. The third-order valence-electron chi connectivity index (χ3n) is 3.65. The topological polar surface area (TPSA) is 122 Å². The van der Waals surface area contributed by atoms with Gasteiger partial charge in [-0.2, -0.15) is 0 Å². The molecule has 26 heavy (non-hydrogen) atoms. The van der Waals surface area contributed by atoms with Gasteiger partial charge in [0.2, 0.25) is 5.91 Å². The molecule has 2 rings (SSSR count). The maximum atomic E-state index is 11.8. The lowest BCUT2D eigenvalue weighted by Gasteiger charge is -2.12. The van der Waals surface area contributed by atoms with E-state index >= 15 is 0 Å². The molecule has 0 aliphatic heterocycles. The van der Waals surface area contributed by atoms with Crippen LogP contribution in [0, 0.1) is 10.1 Å². The second kappa shape index (κ2) is 9.28. The van der Waals surface area contributed by atoms with E-state index in [1.165, 1.54) is 24.3 Å². The number of rotatable bonds is 8. The van der Waals surface area contributed by atoms with E-state index in [-0.39, 0.29) is 37.0 Å². The molecule has 8 nitrogen and oxygen atoms in total. The third-order valence-corrected chi connectivity index (χ3v) is 3.65. The van der Waals surface area contributed by atoms with Crippen molar-refractivity contribution >= 4 is 17.5 Å². The van der Waals surface area contributed by atoms with E-state index in [0.29, 0.717) is 11.1 Å². The highest BCUT2D eigenvalue weighted by Gasteiger charge is 2.12. The summed E-state index contributed by atoms with van der Waals surface area (Å²) in [6, 6.07) is 14.1. The number of carbonyl (C=O) groups is 2. The van der Waals surface area contributed by atoms with Crippen molar-refractivity contribution < 1.29 is 19.6 Å². The van der Waals surface area contributed by atoms with Crippen LogP contribution in [0.4, 0.5) is 5.69 Å². The van der Waals surface area contributed by atoms with Gasteiger partial charge in [-0.3, -0.25) is 19.7 Å². The molecule has 0 aromatic heterocycles. The lowest BCUT2D eigenvalue weighted by molar-refractivity contribution is -0.384. The molecule has 0 fully saturated rings. The van der Waals surface area contributed by atoms with Crippen molar-refractivity contribution in [3.8, 4) is 0 Å². The van der Waals surface area contributed by atoms with Gasteiger partial charge in [-0.05, 0) is 29.8 Å². The first-order valence-corrected chi connectivity index (χ1v) is 7.99. The second-order valence-corrected chi connectivity index (χ2v) is 5.54. The number of nitrogens with one attached hydrogen (secondary N) is 2.